The van der Waals surface area contributed by atoms with Crippen molar-refractivity contribution in [3.8, 4) is 0 Å². The van der Waals surface area contributed by atoms with E-state index in [-0.39, 0.29) is 0 Å². The fourth-order valence-electron chi connectivity index (χ4n) is 3.63. The van der Waals surface area contributed by atoms with Crippen molar-refractivity contribution < 1.29 is 0 Å². The first-order valence-electron chi connectivity index (χ1n) is 7.26. The molecule has 17 heavy (non-hydrogen) atoms. The number of aryl methyl sites for hydroxylation is 1. The minimum Gasteiger partial charge on any atom is -0.316 e. The Morgan fingerprint density at radius 3 is 2.53 bits per heavy atom. The summed E-state index contributed by atoms with van der Waals surface area (Å²) in [5, 5.41) is 3.54. The fraction of sp³-hybridized carbons (Fsp3) is 0.625. The highest BCUT2D eigenvalue weighted by molar-refractivity contribution is 5.48. The molecular formula is C16H23N. The van der Waals surface area contributed by atoms with Gasteiger partial charge in [0.2, 0.25) is 0 Å². The Kier molecular flexibility index (Phi) is 3.19. The summed E-state index contributed by atoms with van der Waals surface area (Å²) in [6, 6.07) is 2.54. The Morgan fingerprint density at radius 2 is 1.65 bits per heavy atom. The van der Waals surface area contributed by atoms with Crippen molar-refractivity contribution in [1.29, 1.82) is 0 Å². The molecule has 1 aliphatic carbocycles. The second-order valence-electron chi connectivity index (χ2n) is 5.44. The number of rotatable bonds is 1. The molecule has 0 fully saturated rings. The van der Waals surface area contributed by atoms with Crippen molar-refractivity contribution in [2.75, 3.05) is 13.1 Å². The average molecular weight is 229 g/mol. The number of hydrogen-bond donors (Lipinski definition) is 1. The molecule has 0 saturated carbocycles. The van der Waals surface area contributed by atoms with Gasteiger partial charge in [0.25, 0.3) is 0 Å². The fourth-order valence-corrected chi connectivity index (χ4v) is 3.63. The molecule has 0 aromatic heterocycles. The maximum Gasteiger partial charge on any atom is -0.000802 e. The van der Waals surface area contributed by atoms with Crippen LogP contribution in [0.2, 0.25) is 0 Å². The van der Waals surface area contributed by atoms with Gasteiger partial charge >= 0.3 is 0 Å². The molecule has 1 aliphatic heterocycles. The summed E-state index contributed by atoms with van der Waals surface area (Å²) in [4.78, 5) is 0. The molecular weight excluding hydrogens is 206 g/mol. The van der Waals surface area contributed by atoms with Gasteiger partial charge in [-0.15, -0.1) is 0 Å². The van der Waals surface area contributed by atoms with E-state index in [0.29, 0.717) is 0 Å². The minimum absolute atomic E-state index is 1.16. The topological polar surface area (TPSA) is 12.0 Å². The Hall–Kier alpha value is -0.820. The summed E-state index contributed by atoms with van der Waals surface area (Å²) in [6.07, 6.45) is 9.15. The number of hydrogen-bond acceptors (Lipinski definition) is 1. The second-order valence-corrected chi connectivity index (χ2v) is 5.44. The van der Waals surface area contributed by atoms with Crippen LogP contribution in [0, 0.1) is 0 Å². The third kappa shape index (κ3) is 2.01. The van der Waals surface area contributed by atoms with E-state index in [2.05, 4.69) is 18.3 Å². The van der Waals surface area contributed by atoms with Crippen LogP contribution in [0.25, 0.3) is 0 Å². The third-order valence-corrected chi connectivity index (χ3v) is 4.45. The molecule has 1 N–H and O–H groups in total. The molecule has 0 unspecified atom stereocenters. The van der Waals surface area contributed by atoms with Crippen LogP contribution >= 0.6 is 0 Å². The van der Waals surface area contributed by atoms with Crippen molar-refractivity contribution >= 4 is 0 Å². The number of benzene rings is 1. The molecule has 1 aromatic rings. The van der Waals surface area contributed by atoms with Crippen LogP contribution in [0.4, 0.5) is 0 Å². The molecule has 1 nitrogen and oxygen atoms in total. The van der Waals surface area contributed by atoms with E-state index < -0.39 is 0 Å². The second kappa shape index (κ2) is 4.81. The number of nitrogens with one attached hydrogen (secondary N) is 1. The maximum atomic E-state index is 3.54. The van der Waals surface area contributed by atoms with Crippen LogP contribution in [-0.2, 0) is 32.1 Å². The third-order valence-electron chi connectivity index (χ3n) is 4.45. The zero-order valence-electron chi connectivity index (χ0n) is 10.9. The van der Waals surface area contributed by atoms with E-state index in [1.54, 1.807) is 27.8 Å². The predicted octanol–water partition coefficient (Wildman–Crippen LogP) is 2.82. The minimum atomic E-state index is 1.16. The average Bonchev–Trinajstić information content (AvgIpc) is 2.60. The molecule has 1 aromatic carbocycles. The van der Waals surface area contributed by atoms with Crippen LogP contribution in [0.3, 0.4) is 0 Å². The molecule has 0 bridgehead atoms. The van der Waals surface area contributed by atoms with Gasteiger partial charge in [-0.1, -0.05) is 13.0 Å². The van der Waals surface area contributed by atoms with Gasteiger partial charge in [0, 0.05) is 0 Å². The highest BCUT2D eigenvalue weighted by Gasteiger charge is 2.19. The monoisotopic (exact) mass is 229 g/mol. The molecule has 2 aliphatic rings. The molecule has 1 heterocycles. The van der Waals surface area contributed by atoms with Crippen LogP contribution in [0.5, 0.6) is 0 Å². The van der Waals surface area contributed by atoms with Gasteiger partial charge in [0.05, 0.1) is 0 Å². The smallest absolute Gasteiger partial charge is 0.000802 e. The van der Waals surface area contributed by atoms with Crippen LogP contribution in [0.15, 0.2) is 6.07 Å². The van der Waals surface area contributed by atoms with Gasteiger partial charge in [-0.2, -0.15) is 0 Å². The quantitative estimate of drug-likeness (QED) is 0.781. The summed E-state index contributed by atoms with van der Waals surface area (Å²) < 4.78 is 0. The summed E-state index contributed by atoms with van der Waals surface area (Å²) in [5.41, 5.74) is 8.44. The first kappa shape index (κ1) is 11.3. The SMILES string of the molecule is CCc1c2c(cc3c1CCNCC3)CCCC2. The summed E-state index contributed by atoms with van der Waals surface area (Å²) in [6.45, 7) is 4.66. The zero-order valence-corrected chi connectivity index (χ0v) is 10.9. The van der Waals surface area contributed by atoms with Crippen molar-refractivity contribution in [3.63, 3.8) is 0 Å². The zero-order chi connectivity index (χ0) is 11.7. The molecule has 0 atom stereocenters. The van der Waals surface area contributed by atoms with Crippen LogP contribution < -0.4 is 5.32 Å². The Balaban J connectivity index is 2.14. The standard InChI is InChI=1S/C16H23N/c1-2-14-15-6-4-3-5-12(15)11-13-7-9-17-10-8-16(13)14/h11,17H,2-10H2,1H3. The molecule has 0 spiro atoms. The molecule has 1 heteroatoms. The normalized spacial score (nSPS) is 19.4. The van der Waals surface area contributed by atoms with E-state index in [0.717, 1.165) is 6.54 Å². The van der Waals surface area contributed by atoms with Gasteiger partial charge in [0.1, 0.15) is 0 Å². The Morgan fingerprint density at radius 1 is 0.941 bits per heavy atom. The van der Waals surface area contributed by atoms with Crippen molar-refractivity contribution in [1.82, 2.24) is 5.32 Å². The first-order chi connectivity index (χ1) is 8.40. The van der Waals surface area contributed by atoms with Gasteiger partial charge in [0.15, 0.2) is 0 Å². The summed E-state index contributed by atoms with van der Waals surface area (Å²) in [7, 11) is 0. The lowest BCUT2D eigenvalue weighted by atomic mass is 9.81. The van der Waals surface area contributed by atoms with Crippen molar-refractivity contribution in [2.24, 2.45) is 0 Å². The Bertz CT molecular complexity index is 420. The van der Waals surface area contributed by atoms with Gasteiger partial charge in [-0.3, -0.25) is 0 Å². The van der Waals surface area contributed by atoms with Crippen LogP contribution in [-0.4, -0.2) is 13.1 Å². The first-order valence-corrected chi connectivity index (χ1v) is 7.26. The van der Waals surface area contributed by atoms with E-state index in [4.69, 9.17) is 0 Å². The molecule has 3 rings (SSSR count). The lowest BCUT2D eigenvalue weighted by Crippen LogP contribution is -2.16. The molecule has 0 radical (unpaired) electrons. The summed E-state index contributed by atoms with van der Waals surface area (Å²) >= 11 is 0. The van der Waals surface area contributed by atoms with Gasteiger partial charge in [-0.05, 0) is 85.9 Å². The van der Waals surface area contributed by atoms with Crippen molar-refractivity contribution in [2.45, 2.75) is 51.9 Å². The lowest BCUT2D eigenvalue weighted by Gasteiger charge is -2.24. The molecule has 0 saturated heterocycles. The predicted molar refractivity (Wildman–Crippen MR) is 72.7 cm³/mol. The van der Waals surface area contributed by atoms with Gasteiger partial charge in [-0.25, -0.2) is 0 Å². The highest BCUT2D eigenvalue weighted by atomic mass is 14.8. The van der Waals surface area contributed by atoms with E-state index >= 15 is 0 Å². The highest BCUT2D eigenvalue weighted by Crippen LogP contribution is 2.31. The largest absolute Gasteiger partial charge is 0.316 e. The van der Waals surface area contributed by atoms with E-state index in [1.807, 2.05) is 0 Å². The van der Waals surface area contributed by atoms with E-state index in [9.17, 15) is 0 Å². The Labute approximate surface area is 105 Å². The lowest BCUT2D eigenvalue weighted by molar-refractivity contribution is 0.675. The molecule has 0 amide bonds. The van der Waals surface area contributed by atoms with Crippen LogP contribution in [0.1, 0.15) is 47.6 Å². The molecule has 92 valence electrons. The van der Waals surface area contributed by atoms with E-state index in [1.165, 1.54) is 51.5 Å². The van der Waals surface area contributed by atoms with Gasteiger partial charge < -0.3 is 5.32 Å². The van der Waals surface area contributed by atoms with Crippen molar-refractivity contribution in [3.05, 3.63) is 33.9 Å². The summed E-state index contributed by atoms with van der Waals surface area (Å²) in [5.74, 6) is 0. The maximum absolute atomic E-state index is 3.54. The number of fused-ring (bicyclic) bond motifs is 2.